The van der Waals surface area contributed by atoms with Crippen molar-refractivity contribution in [2.45, 2.75) is 12.8 Å². The molecule has 2 aromatic heterocycles. The predicted octanol–water partition coefficient (Wildman–Crippen LogP) is 5.83. The largest absolute Gasteiger partial charge is 0.478 e. The zero-order valence-corrected chi connectivity index (χ0v) is 16.8. The van der Waals surface area contributed by atoms with Gasteiger partial charge in [0.2, 0.25) is 0 Å². The third-order valence-corrected chi connectivity index (χ3v) is 4.96. The van der Waals surface area contributed by atoms with Crippen LogP contribution in [0, 0.1) is 0 Å². The maximum Gasteiger partial charge on any atom is 0.416 e. The molecule has 0 atom stereocenters. The summed E-state index contributed by atoms with van der Waals surface area (Å²) in [5, 5.41) is 9.49. The molecule has 0 saturated carbocycles. The standard InChI is InChI=1S/C24H17F3N2O3/c1-32-13-14-3-2-4-15(9-14)16-5-7-21(28-12-16)22-11-19(23(30)31)18-10-17(24(25,26)27)6-8-20(18)29-22/h2-12H,13H2,1H3,(H,30,31). The van der Waals surface area contributed by atoms with E-state index in [-0.39, 0.29) is 22.2 Å². The Balaban J connectivity index is 1.75. The number of halogens is 3. The van der Waals surface area contributed by atoms with Gasteiger partial charge in [0.15, 0.2) is 0 Å². The SMILES string of the molecule is COCc1cccc(-c2ccc(-c3cc(C(=O)O)c4cc(C(F)(F)F)ccc4n3)nc2)c1. The number of alkyl halides is 3. The van der Waals surface area contributed by atoms with E-state index in [0.717, 1.165) is 28.8 Å². The van der Waals surface area contributed by atoms with Crippen molar-refractivity contribution >= 4 is 16.9 Å². The molecule has 0 fully saturated rings. The highest BCUT2D eigenvalue weighted by Crippen LogP contribution is 2.33. The highest BCUT2D eigenvalue weighted by molar-refractivity contribution is 6.03. The quantitative estimate of drug-likeness (QED) is 0.425. The second-order valence-corrected chi connectivity index (χ2v) is 7.16. The molecular formula is C24H17F3N2O3. The van der Waals surface area contributed by atoms with Gasteiger partial charge >= 0.3 is 12.1 Å². The van der Waals surface area contributed by atoms with Crippen molar-refractivity contribution in [3.8, 4) is 22.5 Å². The molecule has 5 nitrogen and oxygen atoms in total. The number of benzene rings is 2. The minimum atomic E-state index is -4.58. The third-order valence-electron chi connectivity index (χ3n) is 4.96. The number of ether oxygens (including phenoxy) is 1. The van der Waals surface area contributed by atoms with Crippen molar-refractivity contribution in [3.05, 3.63) is 83.6 Å². The van der Waals surface area contributed by atoms with Crippen LogP contribution in [-0.4, -0.2) is 28.2 Å². The molecule has 2 aromatic carbocycles. The molecule has 1 N–H and O–H groups in total. The molecule has 4 rings (SSSR count). The van der Waals surface area contributed by atoms with Gasteiger partial charge < -0.3 is 9.84 Å². The Kier molecular flexibility index (Phi) is 5.63. The number of nitrogens with zero attached hydrogens (tertiary/aromatic N) is 2. The number of carboxylic acids is 1. The van der Waals surface area contributed by atoms with Gasteiger partial charge in [0, 0.05) is 24.3 Å². The smallest absolute Gasteiger partial charge is 0.416 e. The van der Waals surface area contributed by atoms with E-state index in [1.54, 1.807) is 19.4 Å². The Morgan fingerprint density at radius 2 is 1.81 bits per heavy atom. The van der Waals surface area contributed by atoms with E-state index in [0.29, 0.717) is 12.3 Å². The zero-order chi connectivity index (χ0) is 22.9. The molecule has 8 heteroatoms. The van der Waals surface area contributed by atoms with Crippen LogP contribution in [0.3, 0.4) is 0 Å². The number of carboxylic acid groups (broad SMARTS) is 1. The summed E-state index contributed by atoms with van der Waals surface area (Å²) in [6, 6.07) is 15.4. The number of fused-ring (bicyclic) bond motifs is 1. The summed E-state index contributed by atoms with van der Waals surface area (Å²) in [7, 11) is 1.62. The van der Waals surface area contributed by atoms with Crippen molar-refractivity contribution in [2.24, 2.45) is 0 Å². The van der Waals surface area contributed by atoms with Crippen molar-refractivity contribution in [2.75, 3.05) is 7.11 Å². The molecule has 0 saturated heterocycles. The number of rotatable bonds is 5. The van der Waals surface area contributed by atoms with Crippen LogP contribution in [0.2, 0.25) is 0 Å². The second kappa shape index (κ2) is 8.39. The molecule has 32 heavy (non-hydrogen) atoms. The van der Waals surface area contributed by atoms with Crippen LogP contribution < -0.4 is 0 Å². The van der Waals surface area contributed by atoms with E-state index < -0.39 is 17.7 Å². The minimum Gasteiger partial charge on any atom is -0.478 e. The van der Waals surface area contributed by atoms with Gasteiger partial charge in [0.1, 0.15) is 0 Å². The maximum absolute atomic E-state index is 13.1. The topological polar surface area (TPSA) is 72.3 Å². The van der Waals surface area contributed by atoms with E-state index in [4.69, 9.17) is 4.74 Å². The molecular weight excluding hydrogens is 421 g/mol. The summed E-state index contributed by atoms with van der Waals surface area (Å²) >= 11 is 0. The normalized spacial score (nSPS) is 11.6. The molecule has 4 aromatic rings. The number of pyridine rings is 2. The summed E-state index contributed by atoms with van der Waals surface area (Å²) in [5.74, 6) is -1.34. The highest BCUT2D eigenvalue weighted by atomic mass is 19.4. The summed E-state index contributed by atoms with van der Waals surface area (Å²) < 4.78 is 44.3. The van der Waals surface area contributed by atoms with Crippen LogP contribution in [0.1, 0.15) is 21.5 Å². The van der Waals surface area contributed by atoms with Crippen molar-refractivity contribution < 1.29 is 27.8 Å². The van der Waals surface area contributed by atoms with Gasteiger partial charge in [-0.05, 0) is 47.5 Å². The van der Waals surface area contributed by atoms with Crippen molar-refractivity contribution in [3.63, 3.8) is 0 Å². The molecule has 0 aliphatic carbocycles. The van der Waals surface area contributed by atoms with Gasteiger partial charge in [-0.2, -0.15) is 13.2 Å². The molecule has 0 amide bonds. The Morgan fingerprint density at radius 1 is 1.00 bits per heavy atom. The van der Waals surface area contributed by atoms with Crippen LogP contribution in [0.15, 0.2) is 66.9 Å². The fourth-order valence-corrected chi connectivity index (χ4v) is 3.43. The van der Waals surface area contributed by atoms with Crippen LogP contribution in [0.4, 0.5) is 13.2 Å². The molecule has 0 aliphatic rings. The van der Waals surface area contributed by atoms with Crippen LogP contribution >= 0.6 is 0 Å². The third kappa shape index (κ3) is 4.31. The van der Waals surface area contributed by atoms with E-state index in [1.165, 1.54) is 12.1 Å². The number of carbonyl (C=O) groups is 1. The first-order valence-corrected chi connectivity index (χ1v) is 9.56. The van der Waals surface area contributed by atoms with E-state index in [9.17, 15) is 23.1 Å². The van der Waals surface area contributed by atoms with Gasteiger partial charge in [0.05, 0.1) is 34.6 Å². The monoisotopic (exact) mass is 438 g/mol. The van der Waals surface area contributed by atoms with E-state index >= 15 is 0 Å². The number of hydrogen-bond acceptors (Lipinski definition) is 4. The molecule has 2 heterocycles. The van der Waals surface area contributed by atoms with Gasteiger partial charge in [-0.25, -0.2) is 9.78 Å². The van der Waals surface area contributed by atoms with Gasteiger partial charge in [-0.1, -0.05) is 24.3 Å². The molecule has 0 unspecified atom stereocenters. The van der Waals surface area contributed by atoms with Crippen LogP contribution in [0.5, 0.6) is 0 Å². The first kappa shape index (κ1) is 21.5. The zero-order valence-electron chi connectivity index (χ0n) is 16.8. The minimum absolute atomic E-state index is 0.0809. The van der Waals surface area contributed by atoms with E-state index in [2.05, 4.69) is 9.97 Å². The fourth-order valence-electron chi connectivity index (χ4n) is 3.43. The Hall–Kier alpha value is -3.78. The first-order valence-electron chi connectivity index (χ1n) is 9.56. The molecule has 0 aliphatic heterocycles. The van der Waals surface area contributed by atoms with Gasteiger partial charge in [-0.15, -0.1) is 0 Å². The predicted molar refractivity (Wildman–Crippen MR) is 113 cm³/mol. The molecule has 0 bridgehead atoms. The average Bonchev–Trinajstić information content (AvgIpc) is 2.78. The van der Waals surface area contributed by atoms with Gasteiger partial charge in [-0.3, -0.25) is 4.98 Å². The molecule has 0 spiro atoms. The number of aromatic nitrogens is 2. The Labute approximate surface area is 181 Å². The summed E-state index contributed by atoms with van der Waals surface area (Å²) in [5.41, 5.74) is 2.41. The molecule has 0 radical (unpaired) electrons. The lowest BCUT2D eigenvalue weighted by Gasteiger charge is -2.11. The summed E-state index contributed by atoms with van der Waals surface area (Å²) in [6.07, 6.45) is -2.94. The average molecular weight is 438 g/mol. The lowest BCUT2D eigenvalue weighted by molar-refractivity contribution is -0.137. The lowest BCUT2D eigenvalue weighted by Crippen LogP contribution is -2.06. The Morgan fingerprint density at radius 3 is 2.47 bits per heavy atom. The fraction of sp³-hybridized carbons (Fsp3) is 0.125. The van der Waals surface area contributed by atoms with Crippen LogP contribution in [0.25, 0.3) is 33.4 Å². The summed E-state index contributed by atoms with van der Waals surface area (Å²) in [6.45, 7) is 0.481. The van der Waals surface area contributed by atoms with Gasteiger partial charge in [0.25, 0.3) is 0 Å². The molecule has 162 valence electrons. The second-order valence-electron chi connectivity index (χ2n) is 7.16. The van der Waals surface area contributed by atoms with Crippen molar-refractivity contribution in [1.29, 1.82) is 0 Å². The maximum atomic E-state index is 13.1. The Bertz CT molecular complexity index is 1300. The number of methoxy groups -OCH3 is 1. The number of hydrogen-bond donors (Lipinski definition) is 1. The summed E-state index contributed by atoms with van der Waals surface area (Å²) in [4.78, 5) is 20.5. The van der Waals surface area contributed by atoms with Crippen LogP contribution in [-0.2, 0) is 17.5 Å². The van der Waals surface area contributed by atoms with Crippen molar-refractivity contribution in [1.82, 2.24) is 9.97 Å². The number of aromatic carboxylic acids is 1. The highest BCUT2D eigenvalue weighted by Gasteiger charge is 2.31. The lowest BCUT2D eigenvalue weighted by atomic mass is 10.0. The first-order chi connectivity index (χ1) is 15.3. The van der Waals surface area contributed by atoms with E-state index in [1.807, 2.05) is 30.3 Å².